The first kappa shape index (κ1) is 12.3. The van der Waals surface area contributed by atoms with Crippen LogP contribution in [0.15, 0.2) is 54.9 Å². The van der Waals surface area contributed by atoms with Crippen molar-refractivity contribution in [2.24, 2.45) is 0 Å². The van der Waals surface area contributed by atoms with Gasteiger partial charge in [-0.05, 0) is 18.1 Å². The Kier molecular flexibility index (Phi) is 4.07. The molecule has 0 saturated heterocycles. The Morgan fingerprint density at radius 3 is 2.61 bits per heavy atom. The molecule has 2 aromatic rings. The van der Waals surface area contributed by atoms with E-state index in [2.05, 4.69) is 12.1 Å². The van der Waals surface area contributed by atoms with Crippen molar-refractivity contribution < 1.29 is 14.5 Å². The molecule has 0 amide bonds. The number of benzene rings is 1. The first-order valence-corrected chi connectivity index (χ1v) is 6.02. The van der Waals surface area contributed by atoms with Crippen molar-refractivity contribution in [2.45, 2.75) is 19.4 Å². The molecule has 18 heavy (non-hydrogen) atoms. The number of carboxylic acids is 1. The topological polar surface area (TPSA) is 41.2 Å². The molecule has 0 aliphatic carbocycles. The smallest absolute Gasteiger partial charge is 0.341 e. The van der Waals surface area contributed by atoms with Gasteiger partial charge in [0.25, 0.3) is 0 Å². The van der Waals surface area contributed by atoms with E-state index >= 15 is 0 Å². The molecular formula is C15H16NO2+. The lowest BCUT2D eigenvalue weighted by Gasteiger charge is -2.00. The third-order valence-corrected chi connectivity index (χ3v) is 2.83. The SMILES string of the molecule is O=C(O)c1ccc[n+](CCCc2ccccc2)c1. The monoisotopic (exact) mass is 242 g/mol. The van der Waals surface area contributed by atoms with E-state index in [1.165, 1.54) is 5.56 Å². The molecule has 1 heterocycles. The molecular weight excluding hydrogens is 226 g/mol. The summed E-state index contributed by atoms with van der Waals surface area (Å²) in [6, 6.07) is 13.7. The number of carboxylic acid groups (broad SMARTS) is 1. The number of pyridine rings is 1. The van der Waals surface area contributed by atoms with Crippen LogP contribution in [-0.4, -0.2) is 11.1 Å². The number of hydrogen-bond donors (Lipinski definition) is 1. The molecule has 3 nitrogen and oxygen atoms in total. The van der Waals surface area contributed by atoms with Crippen LogP contribution < -0.4 is 4.57 Å². The highest BCUT2D eigenvalue weighted by atomic mass is 16.4. The van der Waals surface area contributed by atoms with E-state index in [1.807, 2.05) is 29.0 Å². The Morgan fingerprint density at radius 1 is 1.11 bits per heavy atom. The highest BCUT2D eigenvalue weighted by molar-refractivity contribution is 5.86. The maximum Gasteiger partial charge on any atom is 0.341 e. The van der Waals surface area contributed by atoms with Gasteiger partial charge in [-0.25, -0.2) is 9.36 Å². The molecule has 1 aromatic heterocycles. The van der Waals surface area contributed by atoms with Gasteiger partial charge in [-0.3, -0.25) is 0 Å². The maximum absolute atomic E-state index is 10.8. The Bertz CT molecular complexity index is 523. The predicted octanol–water partition coefficient (Wildman–Crippen LogP) is 2.31. The number of aryl methyl sites for hydroxylation is 2. The van der Waals surface area contributed by atoms with Gasteiger partial charge in [-0.1, -0.05) is 30.3 Å². The highest BCUT2D eigenvalue weighted by Crippen LogP contribution is 2.02. The summed E-state index contributed by atoms with van der Waals surface area (Å²) in [6.45, 7) is 0.829. The molecule has 2 rings (SSSR count). The summed E-state index contributed by atoms with van der Waals surface area (Å²) in [5, 5.41) is 8.90. The molecule has 0 saturated carbocycles. The number of carbonyl (C=O) groups is 1. The molecule has 0 aliphatic heterocycles. The Balaban J connectivity index is 1.90. The number of nitrogens with zero attached hydrogens (tertiary/aromatic N) is 1. The van der Waals surface area contributed by atoms with Crippen LogP contribution in [0, 0.1) is 0 Å². The number of hydrogen-bond acceptors (Lipinski definition) is 1. The minimum atomic E-state index is -0.882. The number of rotatable bonds is 5. The maximum atomic E-state index is 10.8. The normalized spacial score (nSPS) is 10.2. The third kappa shape index (κ3) is 3.42. The van der Waals surface area contributed by atoms with Crippen LogP contribution in [0.4, 0.5) is 0 Å². The van der Waals surface area contributed by atoms with E-state index in [9.17, 15) is 4.79 Å². The zero-order valence-corrected chi connectivity index (χ0v) is 10.1. The average molecular weight is 242 g/mol. The van der Waals surface area contributed by atoms with Gasteiger partial charge in [0.15, 0.2) is 12.4 Å². The molecule has 0 spiro atoms. The van der Waals surface area contributed by atoms with Gasteiger partial charge in [-0.2, -0.15) is 0 Å². The molecule has 0 bridgehead atoms. The van der Waals surface area contributed by atoms with Crippen LogP contribution in [0.2, 0.25) is 0 Å². The summed E-state index contributed by atoms with van der Waals surface area (Å²) in [5.41, 5.74) is 1.64. The molecule has 1 aromatic carbocycles. The Hall–Kier alpha value is -2.16. The molecule has 0 atom stereocenters. The quantitative estimate of drug-likeness (QED) is 0.817. The fraction of sp³-hybridized carbons (Fsp3) is 0.200. The minimum Gasteiger partial charge on any atom is -0.477 e. The lowest BCUT2D eigenvalue weighted by atomic mass is 10.1. The fourth-order valence-corrected chi connectivity index (χ4v) is 1.90. The molecule has 0 fully saturated rings. The van der Waals surface area contributed by atoms with Crippen molar-refractivity contribution in [3.05, 3.63) is 66.0 Å². The summed E-state index contributed by atoms with van der Waals surface area (Å²) < 4.78 is 1.92. The zero-order chi connectivity index (χ0) is 12.8. The summed E-state index contributed by atoms with van der Waals surface area (Å²) in [7, 11) is 0. The van der Waals surface area contributed by atoms with Crippen molar-refractivity contribution in [1.82, 2.24) is 0 Å². The van der Waals surface area contributed by atoms with Crippen molar-refractivity contribution in [3.63, 3.8) is 0 Å². The third-order valence-electron chi connectivity index (χ3n) is 2.83. The van der Waals surface area contributed by atoms with E-state index in [-0.39, 0.29) is 0 Å². The van der Waals surface area contributed by atoms with Crippen LogP contribution in [0.25, 0.3) is 0 Å². The Labute approximate surface area is 106 Å². The second-order valence-electron chi connectivity index (χ2n) is 4.22. The molecule has 0 unspecified atom stereocenters. The van der Waals surface area contributed by atoms with Crippen molar-refractivity contribution in [1.29, 1.82) is 0 Å². The molecule has 1 N–H and O–H groups in total. The van der Waals surface area contributed by atoms with Gasteiger partial charge in [0.2, 0.25) is 0 Å². The van der Waals surface area contributed by atoms with Crippen LogP contribution in [0.3, 0.4) is 0 Å². The highest BCUT2D eigenvalue weighted by Gasteiger charge is 2.08. The summed E-state index contributed by atoms with van der Waals surface area (Å²) in [6.07, 6.45) is 5.58. The summed E-state index contributed by atoms with van der Waals surface area (Å²) >= 11 is 0. The van der Waals surface area contributed by atoms with E-state index in [1.54, 1.807) is 18.3 Å². The lowest BCUT2D eigenvalue weighted by molar-refractivity contribution is -0.697. The summed E-state index contributed by atoms with van der Waals surface area (Å²) in [4.78, 5) is 10.8. The van der Waals surface area contributed by atoms with Gasteiger partial charge in [0, 0.05) is 12.5 Å². The molecule has 0 radical (unpaired) electrons. The van der Waals surface area contributed by atoms with Crippen molar-refractivity contribution in [2.75, 3.05) is 0 Å². The first-order valence-electron chi connectivity index (χ1n) is 6.02. The molecule has 3 heteroatoms. The van der Waals surface area contributed by atoms with Crippen LogP contribution >= 0.6 is 0 Å². The largest absolute Gasteiger partial charge is 0.477 e. The van der Waals surface area contributed by atoms with Crippen LogP contribution in [0.5, 0.6) is 0 Å². The number of aromatic nitrogens is 1. The van der Waals surface area contributed by atoms with Crippen molar-refractivity contribution >= 4 is 5.97 Å². The van der Waals surface area contributed by atoms with Gasteiger partial charge in [0.05, 0.1) is 0 Å². The van der Waals surface area contributed by atoms with Crippen LogP contribution in [-0.2, 0) is 13.0 Å². The number of aromatic carboxylic acids is 1. The first-order chi connectivity index (χ1) is 8.75. The van der Waals surface area contributed by atoms with Gasteiger partial charge >= 0.3 is 5.97 Å². The van der Waals surface area contributed by atoms with Gasteiger partial charge in [-0.15, -0.1) is 0 Å². The van der Waals surface area contributed by atoms with E-state index < -0.39 is 5.97 Å². The Morgan fingerprint density at radius 2 is 1.89 bits per heavy atom. The minimum absolute atomic E-state index is 0.331. The summed E-state index contributed by atoms with van der Waals surface area (Å²) in [5.74, 6) is -0.882. The zero-order valence-electron chi connectivity index (χ0n) is 10.1. The van der Waals surface area contributed by atoms with E-state index in [4.69, 9.17) is 5.11 Å². The average Bonchev–Trinajstić information content (AvgIpc) is 2.40. The lowest BCUT2D eigenvalue weighted by Crippen LogP contribution is -2.34. The standard InChI is InChI=1S/C15H15NO2/c17-15(18)14-9-5-11-16(12-14)10-4-8-13-6-2-1-3-7-13/h1-3,5-7,9,11-12H,4,8,10H2/p+1. The van der Waals surface area contributed by atoms with E-state index in [0.29, 0.717) is 5.56 Å². The molecule has 0 aliphatic rings. The van der Waals surface area contributed by atoms with Crippen molar-refractivity contribution in [3.8, 4) is 0 Å². The predicted molar refractivity (Wildman–Crippen MR) is 68.4 cm³/mol. The van der Waals surface area contributed by atoms with Gasteiger partial charge < -0.3 is 5.11 Å². The second-order valence-corrected chi connectivity index (χ2v) is 4.22. The van der Waals surface area contributed by atoms with E-state index in [0.717, 1.165) is 19.4 Å². The van der Waals surface area contributed by atoms with Crippen LogP contribution in [0.1, 0.15) is 22.3 Å². The fourth-order valence-electron chi connectivity index (χ4n) is 1.90. The second kappa shape index (κ2) is 5.96. The molecule has 92 valence electrons. The van der Waals surface area contributed by atoms with Gasteiger partial charge in [0.1, 0.15) is 12.1 Å².